The summed E-state index contributed by atoms with van der Waals surface area (Å²) in [6.07, 6.45) is 3.39. The molecule has 2 heterocycles. The largest absolute Gasteiger partial charge is 0.496 e. The molecule has 1 N–H and O–H groups in total. The Labute approximate surface area is 188 Å². The Kier molecular flexibility index (Phi) is 6.37. The first-order valence-electron chi connectivity index (χ1n) is 9.68. The number of carbonyl (C=O) groups excluding carboxylic acids is 2. The number of nitrogens with one attached hydrogen (secondary N) is 1. The van der Waals surface area contributed by atoms with Crippen LogP contribution in [0.5, 0.6) is 5.75 Å². The van der Waals surface area contributed by atoms with E-state index in [4.69, 9.17) is 9.47 Å². The van der Waals surface area contributed by atoms with Gasteiger partial charge in [-0.1, -0.05) is 36.0 Å². The number of esters is 1. The van der Waals surface area contributed by atoms with Crippen LogP contribution in [0.4, 0.5) is 5.69 Å². The van der Waals surface area contributed by atoms with Crippen molar-refractivity contribution in [3.63, 3.8) is 0 Å². The van der Waals surface area contributed by atoms with Crippen molar-refractivity contribution in [2.24, 2.45) is 0 Å². The molecule has 1 amide bonds. The molecular formula is C23H20N4O4S. The highest BCUT2D eigenvalue weighted by Crippen LogP contribution is 2.31. The maximum Gasteiger partial charge on any atom is 0.339 e. The molecule has 2 aromatic carbocycles. The predicted molar refractivity (Wildman–Crippen MR) is 122 cm³/mol. The molecule has 0 aliphatic carbocycles. The van der Waals surface area contributed by atoms with E-state index in [9.17, 15) is 9.59 Å². The minimum atomic E-state index is -0.511. The number of benzene rings is 2. The van der Waals surface area contributed by atoms with Crippen LogP contribution in [0.2, 0.25) is 0 Å². The van der Waals surface area contributed by atoms with Gasteiger partial charge >= 0.3 is 5.97 Å². The summed E-state index contributed by atoms with van der Waals surface area (Å²) in [6.45, 7) is 0. The van der Waals surface area contributed by atoms with Crippen molar-refractivity contribution in [1.29, 1.82) is 0 Å². The molecule has 4 aromatic rings. The Morgan fingerprint density at radius 3 is 2.69 bits per heavy atom. The maximum atomic E-state index is 12.5. The van der Waals surface area contributed by atoms with Gasteiger partial charge in [-0.2, -0.15) is 5.10 Å². The van der Waals surface area contributed by atoms with Crippen LogP contribution in [0.3, 0.4) is 0 Å². The molecular weight excluding hydrogens is 428 g/mol. The minimum Gasteiger partial charge on any atom is -0.496 e. The number of nitrogens with zero attached hydrogens (tertiary/aromatic N) is 3. The second-order valence-corrected chi connectivity index (χ2v) is 7.63. The lowest BCUT2D eigenvalue weighted by molar-refractivity contribution is -0.113. The highest BCUT2D eigenvalue weighted by molar-refractivity contribution is 8.00. The van der Waals surface area contributed by atoms with Gasteiger partial charge in [-0.05, 0) is 30.3 Å². The van der Waals surface area contributed by atoms with E-state index in [-0.39, 0.29) is 11.7 Å². The zero-order valence-electron chi connectivity index (χ0n) is 17.4. The van der Waals surface area contributed by atoms with Crippen LogP contribution in [-0.4, -0.2) is 46.4 Å². The van der Waals surface area contributed by atoms with Crippen molar-refractivity contribution >= 4 is 34.8 Å². The number of para-hydroxylation sites is 2. The number of methoxy groups -OCH3 is 2. The average Bonchev–Trinajstić information content (AvgIpc) is 3.27. The number of hydrogen-bond acceptors (Lipinski definition) is 7. The van der Waals surface area contributed by atoms with E-state index in [0.717, 1.165) is 22.5 Å². The molecule has 0 aliphatic rings. The monoisotopic (exact) mass is 448 g/mol. The zero-order valence-corrected chi connectivity index (χ0v) is 18.3. The highest BCUT2D eigenvalue weighted by Gasteiger charge is 2.16. The molecule has 0 aliphatic heterocycles. The van der Waals surface area contributed by atoms with E-state index in [1.54, 1.807) is 48.3 Å². The summed E-state index contributed by atoms with van der Waals surface area (Å²) in [5.41, 5.74) is 3.09. The highest BCUT2D eigenvalue weighted by atomic mass is 32.2. The first kappa shape index (κ1) is 21.4. The van der Waals surface area contributed by atoms with E-state index in [2.05, 4.69) is 15.4 Å². The third-order valence-corrected chi connectivity index (χ3v) is 5.68. The normalized spacial score (nSPS) is 10.7. The molecule has 0 fully saturated rings. The fourth-order valence-corrected chi connectivity index (χ4v) is 3.97. The van der Waals surface area contributed by atoms with Gasteiger partial charge in [0.25, 0.3) is 0 Å². The Morgan fingerprint density at radius 1 is 1.09 bits per heavy atom. The summed E-state index contributed by atoms with van der Waals surface area (Å²) >= 11 is 1.28. The van der Waals surface area contributed by atoms with Crippen molar-refractivity contribution in [2.45, 2.75) is 5.03 Å². The summed E-state index contributed by atoms with van der Waals surface area (Å²) in [7, 11) is 2.92. The van der Waals surface area contributed by atoms with E-state index >= 15 is 0 Å². The summed E-state index contributed by atoms with van der Waals surface area (Å²) in [6, 6.07) is 16.3. The van der Waals surface area contributed by atoms with E-state index in [1.165, 1.54) is 18.9 Å². The second-order valence-electron chi connectivity index (χ2n) is 6.67. The van der Waals surface area contributed by atoms with E-state index in [1.807, 2.05) is 30.3 Å². The van der Waals surface area contributed by atoms with Crippen molar-refractivity contribution in [3.05, 3.63) is 72.6 Å². The van der Waals surface area contributed by atoms with E-state index in [0.29, 0.717) is 16.3 Å². The molecule has 0 unspecified atom stereocenters. The number of anilines is 1. The molecule has 9 heteroatoms. The van der Waals surface area contributed by atoms with Crippen molar-refractivity contribution in [1.82, 2.24) is 14.6 Å². The SMILES string of the molecule is COC(=O)c1ccccc1NC(=O)CSc1nccn2nc(-c3ccccc3OC)cc12. The summed E-state index contributed by atoms with van der Waals surface area (Å²) in [4.78, 5) is 28.9. The quantitative estimate of drug-likeness (QED) is 0.338. The lowest BCUT2D eigenvalue weighted by Crippen LogP contribution is -2.17. The van der Waals surface area contributed by atoms with Crippen LogP contribution in [0.25, 0.3) is 16.8 Å². The van der Waals surface area contributed by atoms with Gasteiger partial charge in [-0.3, -0.25) is 4.79 Å². The van der Waals surface area contributed by atoms with Crippen LogP contribution in [-0.2, 0) is 9.53 Å². The second kappa shape index (κ2) is 9.52. The van der Waals surface area contributed by atoms with Gasteiger partial charge in [0.2, 0.25) is 5.91 Å². The van der Waals surface area contributed by atoms with Crippen LogP contribution >= 0.6 is 11.8 Å². The molecule has 0 radical (unpaired) electrons. The molecule has 4 rings (SSSR count). The predicted octanol–water partition coefficient (Wildman–Crippen LogP) is 3.92. The average molecular weight is 449 g/mol. The minimum absolute atomic E-state index is 0.108. The first-order chi connectivity index (χ1) is 15.6. The Morgan fingerprint density at radius 2 is 1.88 bits per heavy atom. The van der Waals surface area contributed by atoms with Crippen molar-refractivity contribution < 1.29 is 19.1 Å². The number of thioether (sulfide) groups is 1. The Bertz CT molecular complexity index is 1290. The molecule has 162 valence electrons. The van der Waals surface area contributed by atoms with Crippen LogP contribution in [0.1, 0.15) is 10.4 Å². The molecule has 8 nitrogen and oxygen atoms in total. The van der Waals surface area contributed by atoms with Gasteiger partial charge in [-0.25, -0.2) is 14.3 Å². The fourth-order valence-electron chi connectivity index (χ4n) is 3.20. The number of fused-ring (bicyclic) bond motifs is 1. The van der Waals surface area contributed by atoms with E-state index < -0.39 is 5.97 Å². The van der Waals surface area contributed by atoms with Gasteiger partial charge in [0.15, 0.2) is 0 Å². The third kappa shape index (κ3) is 4.42. The summed E-state index contributed by atoms with van der Waals surface area (Å²) < 4.78 is 11.9. The molecule has 0 atom stereocenters. The van der Waals surface area contributed by atoms with Crippen molar-refractivity contribution in [2.75, 3.05) is 25.3 Å². The number of carbonyl (C=O) groups is 2. The Hall–Kier alpha value is -3.85. The van der Waals surface area contributed by atoms with Gasteiger partial charge in [0, 0.05) is 18.0 Å². The van der Waals surface area contributed by atoms with Gasteiger partial charge in [-0.15, -0.1) is 0 Å². The molecule has 0 saturated heterocycles. The van der Waals surface area contributed by atoms with Gasteiger partial charge in [0.05, 0.1) is 42.4 Å². The van der Waals surface area contributed by atoms with Crippen LogP contribution < -0.4 is 10.1 Å². The molecule has 2 aromatic heterocycles. The zero-order chi connectivity index (χ0) is 22.5. The molecule has 32 heavy (non-hydrogen) atoms. The molecule has 0 bridgehead atoms. The molecule has 0 saturated carbocycles. The van der Waals surface area contributed by atoms with Crippen LogP contribution in [0.15, 0.2) is 72.0 Å². The number of hydrogen-bond donors (Lipinski definition) is 1. The lowest BCUT2D eigenvalue weighted by atomic mass is 10.1. The fraction of sp³-hybridized carbons (Fsp3) is 0.130. The topological polar surface area (TPSA) is 94.8 Å². The summed E-state index contributed by atoms with van der Waals surface area (Å²) in [5, 5.41) is 8.05. The van der Waals surface area contributed by atoms with Crippen LogP contribution in [0, 0.1) is 0 Å². The van der Waals surface area contributed by atoms with Crippen molar-refractivity contribution in [3.8, 4) is 17.0 Å². The smallest absolute Gasteiger partial charge is 0.339 e. The number of aromatic nitrogens is 3. The van der Waals surface area contributed by atoms with Gasteiger partial charge < -0.3 is 14.8 Å². The number of amides is 1. The molecule has 0 spiro atoms. The maximum absolute atomic E-state index is 12.5. The van der Waals surface area contributed by atoms with Gasteiger partial charge in [0.1, 0.15) is 10.8 Å². The lowest BCUT2D eigenvalue weighted by Gasteiger charge is -2.09. The Balaban J connectivity index is 1.52. The number of ether oxygens (including phenoxy) is 2. The third-order valence-electron chi connectivity index (χ3n) is 4.68. The first-order valence-corrected chi connectivity index (χ1v) is 10.7. The standard InChI is InChI=1S/C23H20N4O4S/c1-30-20-10-6-4-7-15(20)18-13-19-22(24-11-12-27(19)26-18)32-14-21(28)25-17-9-5-3-8-16(17)23(29)31-2/h3-13H,14H2,1-2H3,(H,25,28). The number of rotatable bonds is 7. The summed E-state index contributed by atoms with van der Waals surface area (Å²) in [5.74, 6) is 0.0571.